The van der Waals surface area contributed by atoms with Gasteiger partial charge < -0.3 is 15.7 Å². The Kier molecular flexibility index (Phi) is 5.03. The van der Waals surface area contributed by atoms with Crippen molar-refractivity contribution in [2.75, 3.05) is 14.1 Å². The van der Waals surface area contributed by atoms with Gasteiger partial charge in [-0.3, -0.25) is 9.59 Å². The molecule has 0 spiro atoms. The second-order valence-corrected chi connectivity index (χ2v) is 2.39. The number of carboxylic acid groups (broad SMARTS) is 1. The van der Waals surface area contributed by atoms with Gasteiger partial charge in [0, 0.05) is 13.5 Å². The van der Waals surface area contributed by atoms with Crippen LogP contribution in [-0.4, -0.2) is 37.1 Å². The number of rotatable bonds is 5. The summed E-state index contributed by atoms with van der Waals surface area (Å²) in [5.74, 6) is -1.07. The van der Waals surface area contributed by atoms with Gasteiger partial charge in [0.2, 0.25) is 5.91 Å². The van der Waals surface area contributed by atoms with Crippen LogP contribution in [0.25, 0.3) is 0 Å². The fourth-order valence-electron chi connectivity index (χ4n) is 0.792. The summed E-state index contributed by atoms with van der Waals surface area (Å²) < 4.78 is 0. The lowest BCUT2D eigenvalue weighted by Crippen LogP contribution is -2.35. The molecule has 70 valence electrons. The number of carboxylic acids is 1. The van der Waals surface area contributed by atoms with Gasteiger partial charge in [0.05, 0.1) is 0 Å². The van der Waals surface area contributed by atoms with Gasteiger partial charge in [-0.1, -0.05) is 0 Å². The minimum absolute atomic E-state index is 0.142. The minimum Gasteiger partial charge on any atom is -0.480 e. The smallest absolute Gasteiger partial charge is 0.320 e. The first kappa shape index (κ1) is 10.9. The van der Waals surface area contributed by atoms with Gasteiger partial charge in [-0.2, -0.15) is 0 Å². The van der Waals surface area contributed by atoms with Crippen molar-refractivity contribution in [2.24, 2.45) is 0 Å². The Labute approximate surface area is 71.1 Å². The molecule has 3 N–H and O–H groups in total. The van der Waals surface area contributed by atoms with Crippen LogP contribution in [0.5, 0.6) is 0 Å². The summed E-state index contributed by atoms with van der Waals surface area (Å²) in [7, 11) is 3.08. The predicted molar refractivity (Wildman–Crippen MR) is 43.8 cm³/mol. The lowest BCUT2D eigenvalue weighted by molar-refractivity contribution is -0.139. The first-order chi connectivity index (χ1) is 5.61. The standard InChI is InChI=1S/C7H14N2O3/c1-8-5(7(11)12)3-4-6(10)9-2/h5,8H,3-4H2,1-2H3,(H,9,10)(H,11,12)/t5-/m0/s1. The van der Waals surface area contributed by atoms with Gasteiger partial charge in [0.15, 0.2) is 0 Å². The monoisotopic (exact) mass is 174 g/mol. The fraction of sp³-hybridized carbons (Fsp3) is 0.714. The van der Waals surface area contributed by atoms with Crippen molar-refractivity contribution in [3.05, 3.63) is 0 Å². The molecule has 1 atom stereocenters. The minimum atomic E-state index is -0.929. The summed E-state index contributed by atoms with van der Waals surface area (Å²) in [6.07, 6.45) is 0.541. The number of hydrogen-bond donors (Lipinski definition) is 3. The first-order valence-electron chi connectivity index (χ1n) is 3.72. The average molecular weight is 174 g/mol. The van der Waals surface area contributed by atoms with E-state index < -0.39 is 12.0 Å². The third kappa shape index (κ3) is 3.92. The van der Waals surface area contributed by atoms with Crippen LogP contribution in [0.3, 0.4) is 0 Å². The molecule has 5 nitrogen and oxygen atoms in total. The van der Waals surface area contributed by atoms with E-state index in [0.717, 1.165) is 0 Å². The number of nitrogens with one attached hydrogen (secondary N) is 2. The van der Waals surface area contributed by atoms with E-state index in [-0.39, 0.29) is 12.3 Å². The summed E-state index contributed by atoms with van der Waals surface area (Å²) in [5.41, 5.74) is 0. The summed E-state index contributed by atoms with van der Waals surface area (Å²) in [5, 5.41) is 13.6. The van der Waals surface area contributed by atoms with E-state index in [0.29, 0.717) is 6.42 Å². The molecular weight excluding hydrogens is 160 g/mol. The van der Waals surface area contributed by atoms with E-state index in [2.05, 4.69) is 10.6 Å². The summed E-state index contributed by atoms with van der Waals surface area (Å²) in [6, 6.07) is -0.637. The molecule has 5 heteroatoms. The van der Waals surface area contributed by atoms with Crippen LogP contribution in [0, 0.1) is 0 Å². The van der Waals surface area contributed by atoms with Gasteiger partial charge in [-0.15, -0.1) is 0 Å². The normalized spacial score (nSPS) is 12.2. The van der Waals surface area contributed by atoms with Crippen LogP contribution >= 0.6 is 0 Å². The Morgan fingerprint density at radius 3 is 2.33 bits per heavy atom. The van der Waals surface area contributed by atoms with Crippen molar-refractivity contribution < 1.29 is 14.7 Å². The summed E-state index contributed by atoms with van der Waals surface area (Å²) in [6.45, 7) is 0. The van der Waals surface area contributed by atoms with Gasteiger partial charge in [-0.25, -0.2) is 0 Å². The Bertz CT molecular complexity index is 170. The highest BCUT2D eigenvalue weighted by Gasteiger charge is 2.15. The molecule has 0 bridgehead atoms. The van der Waals surface area contributed by atoms with Crippen LogP contribution in [-0.2, 0) is 9.59 Å². The molecule has 0 aliphatic carbocycles. The zero-order valence-electron chi connectivity index (χ0n) is 7.26. The van der Waals surface area contributed by atoms with Gasteiger partial charge >= 0.3 is 5.97 Å². The van der Waals surface area contributed by atoms with E-state index in [1.165, 1.54) is 7.05 Å². The maximum absolute atomic E-state index is 10.7. The molecule has 0 radical (unpaired) electrons. The van der Waals surface area contributed by atoms with E-state index in [4.69, 9.17) is 5.11 Å². The number of hydrogen-bond acceptors (Lipinski definition) is 3. The highest BCUT2D eigenvalue weighted by Crippen LogP contribution is 1.96. The molecule has 1 amide bonds. The van der Waals surface area contributed by atoms with Crippen molar-refractivity contribution in [3.63, 3.8) is 0 Å². The second-order valence-electron chi connectivity index (χ2n) is 2.39. The lowest BCUT2D eigenvalue weighted by Gasteiger charge is -2.09. The third-order valence-corrected chi connectivity index (χ3v) is 1.59. The Balaban J connectivity index is 3.73. The predicted octanol–water partition coefficient (Wildman–Crippen LogP) is -0.815. The molecule has 0 aromatic heterocycles. The Hall–Kier alpha value is -1.10. The second kappa shape index (κ2) is 5.54. The fourth-order valence-corrected chi connectivity index (χ4v) is 0.792. The van der Waals surface area contributed by atoms with Crippen molar-refractivity contribution >= 4 is 11.9 Å². The molecule has 0 unspecified atom stereocenters. The maximum Gasteiger partial charge on any atom is 0.320 e. The number of aliphatic carboxylic acids is 1. The molecule has 0 saturated heterocycles. The Morgan fingerprint density at radius 2 is 2.00 bits per heavy atom. The van der Waals surface area contributed by atoms with Gasteiger partial charge in [-0.05, 0) is 13.5 Å². The SMILES string of the molecule is CNC(=O)CC[C@H](NC)C(=O)O. The number of likely N-dealkylation sites (N-methyl/N-ethyl adjacent to an activating group) is 1. The summed E-state index contributed by atoms with van der Waals surface area (Å²) >= 11 is 0. The van der Waals surface area contributed by atoms with Crippen LogP contribution in [0.1, 0.15) is 12.8 Å². The maximum atomic E-state index is 10.7. The molecule has 0 aliphatic rings. The van der Waals surface area contributed by atoms with E-state index in [9.17, 15) is 9.59 Å². The molecule has 0 aromatic rings. The van der Waals surface area contributed by atoms with Crippen molar-refractivity contribution in [1.82, 2.24) is 10.6 Å². The van der Waals surface area contributed by atoms with Crippen LogP contribution < -0.4 is 10.6 Å². The third-order valence-electron chi connectivity index (χ3n) is 1.59. The molecule has 0 saturated carbocycles. The molecular formula is C7H14N2O3. The highest BCUT2D eigenvalue weighted by molar-refractivity contribution is 5.78. The van der Waals surface area contributed by atoms with Crippen molar-refractivity contribution in [2.45, 2.75) is 18.9 Å². The molecule has 0 aromatic carbocycles. The molecule has 0 aliphatic heterocycles. The lowest BCUT2D eigenvalue weighted by atomic mass is 10.1. The largest absolute Gasteiger partial charge is 0.480 e. The van der Waals surface area contributed by atoms with Crippen LogP contribution in [0.2, 0.25) is 0 Å². The zero-order valence-corrected chi connectivity index (χ0v) is 7.26. The molecule has 0 heterocycles. The van der Waals surface area contributed by atoms with Gasteiger partial charge in [0.1, 0.15) is 6.04 Å². The van der Waals surface area contributed by atoms with Crippen LogP contribution in [0.15, 0.2) is 0 Å². The summed E-state index contributed by atoms with van der Waals surface area (Å²) in [4.78, 5) is 21.2. The average Bonchev–Trinajstić information content (AvgIpc) is 2.04. The molecule has 0 fully saturated rings. The number of carbonyl (C=O) groups is 2. The molecule has 0 rings (SSSR count). The Morgan fingerprint density at radius 1 is 1.42 bits per heavy atom. The first-order valence-corrected chi connectivity index (χ1v) is 3.72. The van der Waals surface area contributed by atoms with E-state index in [1.807, 2.05) is 0 Å². The van der Waals surface area contributed by atoms with Crippen molar-refractivity contribution in [1.29, 1.82) is 0 Å². The van der Waals surface area contributed by atoms with Gasteiger partial charge in [0.25, 0.3) is 0 Å². The van der Waals surface area contributed by atoms with E-state index in [1.54, 1.807) is 7.05 Å². The zero-order chi connectivity index (χ0) is 9.56. The number of amides is 1. The van der Waals surface area contributed by atoms with Crippen molar-refractivity contribution in [3.8, 4) is 0 Å². The van der Waals surface area contributed by atoms with E-state index >= 15 is 0 Å². The highest BCUT2D eigenvalue weighted by atomic mass is 16.4. The molecule has 12 heavy (non-hydrogen) atoms. The quantitative estimate of drug-likeness (QED) is 0.509. The number of carbonyl (C=O) groups excluding carboxylic acids is 1. The topological polar surface area (TPSA) is 78.4 Å². The van der Waals surface area contributed by atoms with Crippen LogP contribution in [0.4, 0.5) is 0 Å².